The van der Waals surface area contributed by atoms with Crippen molar-refractivity contribution in [2.45, 2.75) is 19.1 Å². The third-order valence-electron chi connectivity index (χ3n) is 2.34. The number of hydrogen-bond donors (Lipinski definition) is 3. The molecule has 0 saturated heterocycles. The van der Waals surface area contributed by atoms with Gasteiger partial charge in [-0.3, -0.25) is 0 Å². The summed E-state index contributed by atoms with van der Waals surface area (Å²) in [5, 5.41) is 27.9. The highest BCUT2D eigenvalue weighted by Gasteiger charge is 2.28. The Kier molecular flexibility index (Phi) is 4.96. The zero-order chi connectivity index (χ0) is 14.6. The Balaban J connectivity index is 3.02. The smallest absolute Gasteiger partial charge is 0.338 e. The molecular weight excluding hydrogens is 259 g/mol. The van der Waals surface area contributed by atoms with Crippen LogP contribution in [0.4, 0.5) is 4.39 Å². The van der Waals surface area contributed by atoms with Crippen molar-refractivity contribution in [2.75, 3.05) is 6.61 Å². The van der Waals surface area contributed by atoms with Crippen molar-refractivity contribution in [1.82, 2.24) is 0 Å². The Hall–Kier alpha value is -1.99. The Bertz CT molecular complexity index is 487. The number of carboxylic acids is 1. The number of aliphatic hydroxyl groups excluding tert-OH is 2. The van der Waals surface area contributed by atoms with E-state index in [2.05, 4.69) is 4.74 Å². The van der Waals surface area contributed by atoms with Crippen molar-refractivity contribution in [1.29, 1.82) is 0 Å². The third-order valence-corrected chi connectivity index (χ3v) is 2.34. The van der Waals surface area contributed by atoms with Crippen LogP contribution in [-0.4, -0.2) is 40.0 Å². The van der Waals surface area contributed by atoms with Crippen LogP contribution in [0.1, 0.15) is 28.9 Å². The molecule has 104 valence electrons. The fraction of sp³-hybridized carbons (Fsp3) is 0.333. The number of carbonyl (C=O) groups is 2. The molecule has 6 nitrogen and oxygen atoms in total. The molecule has 0 saturated carbocycles. The van der Waals surface area contributed by atoms with E-state index in [1.54, 1.807) is 0 Å². The summed E-state index contributed by atoms with van der Waals surface area (Å²) < 4.78 is 17.7. The van der Waals surface area contributed by atoms with Crippen LogP contribution in [0.15, 0.2) is 18.2 Å². The average Bonchev–Trinajstić information content (AvgIpc) is 2.36. The van der Waals surface area contributed by atoms with Crippen molar-refractivity contribution in [2.24, 2.45) is 0 Å². The number of aromatic carboxylic acids is 1. The van der Waals surface area contributed by atoms with Gasteiger partial charge >= 0.3 is 11.9 Å². The van der Waals surface area contributed by atoms with E-state index in [4.69, 9.17) is 5.11 Å². The molecule has 7 heteroatoms. The van der Waals surface area contributed by atoms with Gasteiger partial charge in [0.2, 0.25) is 0 Å². The van der Waals surface area contributed by atoms with E-state index >= 15 is 0 Å². The second-order valence-electron chi connectivity index (χ2n) is 3.72. The number of rotatable bonds is 5. The van der Waals surface area contributed by atoms with Gasteiger partial charge in [0.15, 0.2) is 6.10 Å². The second kappa shape index (κ2) is 6.26. The number of ether oxygens (including phenoxy) is 1. The van der Waals surface area contributed by atoms with E-state index in [-0.39, 0.29) is 12.2 Å². The molecule has 0 spiro atoms. The number of carbonyl (C=O) groups excluding carboxylic acids is 1. The van der Waals surface area contributed by atoms with Gasteiger partial charge in [0.05, 0.1) is 12.2 Å². The number of benzene rings is 1. The average molecular weight is 272 g/mol. The van der Waals surface area contributed by atoms with E-state index in [0.717, 1.165) is 18.2 Å². The van der Waals surface area contributed by atoms with Gasteiger partial charge in [0.1, 0.15) is 11.9 Å². The normalized spacial score (nSPS) is 13.7. The molecule has 0 aromatic heterocycles. The lowest BCUT2D eigenvalue weighted by Crippen LogP contribution is -2.30. The summed E-state index contributed by atoms with van der Waals surface area (Å²) in [5.41, 5.74) is -0.622. The number of carboxylic acid groups (broad SMARTS) is 1. The summed E-state index contributed by atoms with van der Waals surface area (Å²) in [4.78, 5) is 22.0. The zero-order valence-electron chi connectivity index (χ0n) is 10.0. The van der Waals surface area contributed by atoms with Crippen LogP contribution in [-0.2, 0) is 9.53 Å². The van der Waals surface area contributed by atoms with Crippen molar-refractivity contribution >= 4 is 11.9 Å². The number of hydrogen-bond acceptors (Lipinski definition) is 5. The van der Waals surface area contributed by atoms with Crippen LogP contribution in [0.2, 0.25) is 0 Å². The van der Waals surface area contributed by atoms with Crippen LogP contribution in [0.5, 0.6) is 0 Å². The van der Waals surface area contributed by atoms with E-state index in [1.807, 2.05) is 0 Å². The largest absolute Gasteiger partial charge is 0.478 e. The maximum atomic E-state index is 13.2. The molecule has 0 aliphatic rings. The van der Waals surface area contributed by atoms with Gasteiger partial charge in [-0.25, -0.2) is 14.0 Å². The van der Waals surface area contributed by atoms with Crippen LogP contribution < -0.4 is 0 Å². The Morgan fingerprint density at radius 1 is 1.32 bits per heavy atom. The molecule has 1 aromatic carbocycles. The highest BCUT2D eigenvalue weighted by molar-refractivity contribution is 5.88. The maximum Gasteiger partial charge on any atom is 0.338 e. The summed E-state index contributed by atoms with van der Waals surface area (Å²) in [7, 11) is 0. The van der Waals surface area contributed by atoms with Crippen molar-refractivity contribution in [3.05, 3.63) is 35.1 Å². The fourth-order valence-corrected chi connectivity index (χ4v) is 1.45. The minimum atomic E-state index is -1.91. The molecule has 0 radical (unpaired) electrons. The molecule has 3 N–H and O–H groups in total. The molecular formula is C12H13FO6. The van der Waals surface area contributed by atoms with Gasteiger partial charge in [0, 0.05) is 0 Å². The van der Waals surface area contributed by atoms with Gasteiger partial charge in [0.25, 0.3) is 0 Å². The molecule has 0 bridgehead atoms. The fourth-order valence-electron chi connectivity index (χ4n) is 1.45. The lowest BCUT2D eigenvalue weighted by molar-refractivity contribution is -0.159. The number of esters is 1. The Labute approximate surface area is 108 Å². The van der Waals surface area contributed by atoms with Crippen LogP contribution in [0, 0.1) is 5.82 Å². The van der Waals surface area contributed by atoms with Gasteiger partial charge < -0.3 is 20.1 Å². The predicted octanol–water partition coefficient (Wildman–Crippen LogP) is 0.481. The first-order valence-electron chi connectivity index (χ1n) is 5.43. The molecule has 0 heterocycles. The van der Waals surface area contributed by atoms with Gasteiger partial charge in [-0.05, 0) is 30.7 Å². The predicted molar refractivity (Wildman–Crippen MR) is 61.0 cm³/mol. The molecule has 0 amide bonds. The summed E-state index contributed by atoms with van der Waals surface area (Å²) in [6.07, 6.45) is -3.68. The van der Waals surface area contributed by atoms with E-state index in [9.17, 15) is 24.2 Å². The molecule has 1 rings (SSSR count). The Morgan fingerprint density at radius 3 is 2.47 bits per heavy atom. The molecule has 2 atom stereocenters. The summed E-state index contributed by atoms with van der Waals surface area (Å²) in [6, 6.07) is 2.56. The number of halogens is 1. The van der Waals surface area contributed by atoms with Crippen LogP contribution >= 0.6 is 0 Å². The third kappa shape index (κ3) is 3.73. The topological polar surface area (TPSA) is 104 Å². The quantitative estimate of drug-likeness (QED) is 0.673. The molecule has 2 unspecified atom stereocenters. The highest BCUT2D eigenvalue weighted by atomic mass is 19.1. The molecule has 0 aliphatic carbocycles. The van der Waals surface area contributed by atoms with Crippen molar-refractivity contribution in [3.8, 4) is 0 Å². The minimum Gasteiger partial charge on any atom is -0.478 e. The Morgan fingerprint density at radius 2 is 1.95 bits per heavy atom. The van der Waals surface area contributed by atoms with Gasteiger partial charge in [-0.15, -0.1) is 0 Å². The van der Waals surface area contributed by atoms with Crippen LogP contribution in [0.25, 0.3) is 0 Å². The molecule has 0 fully saturated rings. The second-order valence-corrected chi connectivity index (χ2v) is 3.72. The lowest BCUT2D eigenvalue weighted by Gasteiger charge is -2.17. The van der Waals surface area contributed by atoms with Gasteiger partial charge in [-0.1, -0.05) is 0 Å². The van der Waals surface area contributed by atoms with E-state index in [1.165, 1.54) is 6.92 Å². The molecule has 0 aliphatic heterocycles. The summed E-state index contributed by atoms with van der Waals surface area (Å²) in [5.74, 6) is -3.36. The molecule has 19 heavy (non-hydrogen) atoms. The van der Waals surface area contributed by atoms with E-state index < -0.39 is 35.5 Å². The van der Waals surface area contributed by atoms with Gasteiger partial charge in [-0.2, -0.15) is 0 Å². The standard InChI is InChI=1S/C12H13FO6/c1-2-19-12(18)10(15)9(14)6-3-7(11(16)17)5-8(13)4-6/h3-5,9-10,14-15H,2H2,1H3,(H,16,17). The SMILES string of the molecule is CCOC(=O)C(O)C(O)c1cc(F)cc(C(=O)O)c1. The first-order valence-corrected chi connectivity index (χ1v) is 5.43. The van der Waals surface area contributed by atoms with Crippen LogP contribution in [0.3, 0.4) is 0 Å². The summed E-state index contributed by atoms with van der Waals surface area (Å²) in [6.45, 7) is 1.52. The van der Waals surface area contributed by atoms with Crippen molar-refractivity contribution in [3.63, 3.8) is 0 Å². The van der Waals surface area contributed by atoms with Crippen molar-refractivity contribution < 1.29 is 34.0 Å². The zero-order valence-corrected chi connectivity index (χ0v) is 10.0. The lowest BCUT2D eigenvalue weighted by atomic mass is 10.0. The van der Waals surface area contributed by atoms with E-state index in [0.29, 0.717) is 0 Å². The minimum absolute atomic E-state index is 0.00609. The monoisotopic (exact) mass is 272 g/mol. The highest BCUT2D eigenvalue weighted by Crippen LogP contribution is 2.21. The first-order chi connectivity index (χ1) is 8.86. The first kappa shape index (κ1) is 15.1. The number of aliphatic hydroxyl groups is 2. The summed E-state index contributed by atoms with van der Waals surface area (Å²) >= 11 is 0. The maximum absolute atomic E-state index is 13.2. The molecule has 1 aromatic rings.